The summed E-state index contributed by atoms with van der Waals surface area (Å²) in [4.78, 5) is 14.7. The van der Waals surface area contributed by atoms with Gasteiger partial charge in [-0.25, -0.2) is 13.8 Å². The van der Waals surface area contributed by atoms with Crippen LogP contribution >= 0.6 is 34.2 Å². The van der Waals surface area contributed by atoms with E-state index in [4.69, 9.17) is 11.6 Å². The molecule has 3 nitrogen and oxygen atoms in total. The van der Waals surface area contributed by atoms with Crippen molar-refractivity contribution in [1.82, 2.24) is 4.98 Å². The Morgan fingerprint density at radius 3 is 2.75 bits per heavy atom. The molecule has 0 aliphatic carbocycles. The molecular weight excluding hydrogens is 354 g/mol. The molecule has 1 rings (SSSR count). The minimum atomic E-state index is -2.68. The predicted molar refractivity (Wildman–Crippen MR) is 62.6 cm³/mol. The van der Waals surface area contributed by atoms with Crippen molar-refractivity contribution in [2.24, 2.45) is 0 Å². The molecule has 0 atom stereocenters. The second-order valence-electron chi connectivity index (χ2n) is 2.85. The van der Waals surface area contributed by atoms with Crippen LogP contribution in [0.15, 0.2) is 6.07 Å². The number of pyridine rings is 1. The van der Waals surface area contributed by atoms with Gasteiger partial charge in [-0.05, 0) is 28.7 Å². The van der Waals surface area contributed by atoms with E-state index in [2.05, 4.69) is 9.72 Å². The lowest BCUT2D eigenvalue weighted by molar-refractivity contribution is -0.139. The van der Waals surface area contributed by atoms with Crippen LogP contribution in [0.1, 0.15) is 17.7 Å². The largest absolute Gasteiger partial charge is 0.469 e. The van der Waals surface area contributed by atoms with Crippen molar-refractivity contribution < 1.29 is 18.3 Å². The van der Waals surface area contributed by atoms with Gasteiger partial charge >= 0.3 is 5.97 Å². The fraction of sp³-hybridized carbons (Fsp3) is 0.333. The highest BCUT2D eigenvalue weighted by Gasteiger charge is 2.17. The number of esters is 1. The highest BCUT2D eigenvalue weighted by atomic mass is 127. The number of hydrogen-bond donors (Lipinski definition) is 0. The third kappa shape index (κ3) is 3.24. The molecule has 1 heterocycles. The van der Waals surface area contributed by atoms with Gasteiger partial charge < -0.3 is 4.74 Å². The highest BCUT2D eigenvalue weighted by molar-refractivity contribution is 14.1. The van der Waals surface area contributed by atoms with E-state index in [0.717, 1.165) is 6.07 Å². The number of hydrogen-bond acceptors (Lipinski definition) is 3. The third-order valence-electron chi connectivity index (χ3n) is 1.81. The smallest absolute Gasteiger partial charge is 0.310 e. The number of carbonyl (C=O) groups excluding carboxylic acids is 1. The molecule has 0 aliphatic rings. The number of carbonyl (C=O) groups is 1. The van der Waals surface area contributed by atoms with Gasteiger partial charge in [0.05, 0.1) is 13.5 Å². The molecule has 0 saturated carbocycles. The Kier molecular flexibility index (Phi) is 4.85. The zero-order valence-electron chi connectivity index (χ0n) is 8.14. The van der Waals surface area contributed by atoms with Crippen molar-refractivity contribution in [3.8, 4) is 0 Å². The molecule has 0 aromatic carbocycles. The fourth-order valence-corrected chi connectivity index (χ4v) is 2.20. The van der Waals surface area contributed by atoms with Crippen LogP contribution in [-0.4, -0.2) is 18.1 Å². The SMILES string of the molecule is COC(=O)Cc1c(Cl)cc(C(F)F)nc1I. The lowest BCUT2D eigenvalue weighted by Crippen LogP contribution is -2.08. The third-order valence-corrected chi connectivity index (χ3v) is 3.04. The predicted octanol–water partition coefficient (Wildman–Crippen LogP) is 2.99. The quantitative estimate of drug-likeness (QED) is 0.472. The molecule has 0 spiro atoms. The van der Waals surface area contributed by atoms with Gasteiger partial charge in [-0.1, -0.05) is 11.6 Å². The Balaban J connectivity index is 3.07. The van der Waals surface area contributed by atoms with Crippen LogP contribution in [0.3, 0.4) is 0 Å². The molecule has 88 valence electrons. The number of methoxy groups -OCH3 is 1. The zero-order chi connectivity index (χ0) is 12.3. The number of nitrogens with zero attached hydrogens (tertiary/aromatic N) is 1. The second-order valence-corrected chi connectivity index (χ2v) is 4.28. The lowest BCUT2D eigenvalue weighted by atomic mass is 10.2. The van der Waals surface area contributed by atoms with Crippen LogP contribution in [-0.2, 0) is 16.0 Å². The maximum absolute atomic E-state index is 12.4. The molecule has 0 N–H and O–H groups in total. The fourth-order valence-electron chi connectivity index (χ4n) is 1.01. The summed E-state index contributed by atoms with van der Waals surface area (Å²) in [6.45, 7) is 0. The van der Waals surface area contributed by atoms with Crippen LogP contribution in [0.4, 0.5) is 8.78 Å². The molecule has 0 fully saturated rings. The van der Waals surface area contributed by atoms with Gasteiger partial charge in [0.1, 0.15) is 9.39 Å². The van der Waals surface area contributed by atoms with E-state index in [9.17, 15) is 13.6 Å². The molecule has 0 radical (unpaired) electrons. The van der Waals surface area contributed by atoms with Crippen molar-refractivity contribution in [3.05, 3.63) is 26.0 Å². The summed E-state index contributed by atoms with van der Waals surface area (Å²) < 4.78 is 29.5. The Bertz CT molecular complexity index is 391. The van der Waals surface area contributed by atoms with Gasteiger partial charge in [0.15, 0.2) is 0 Å². The highest BCUT2D eigenvalue weighted by Crippen LogP contribution is 2.26. The topological polar surface area (TPSA) is 39.2 Å². The molecule has 7 heteroatoms. The normalized spacial score (nSPS) is 10.6. The zero-order valence-corrected chi connectivity index (χ0v) is 11.1. The van der Waals surface area contributed by atoms with E-state index < -0.39 is 18.1 Å². The van der Waals surface area contributed by atoms with Crippen molar-refractivity contribution in [3.63, 3.8) is 0 Å². The molecule has 16 heavy (non-hydrogen) atoms. The molecular formula is C9H7ClF2INO2. The van der Waals surface area contributed by atoms with Crippen LogP contribution in [0.5, 0.6) is 0 Å². The molecule has 1 aromatic heterocycles. The summed E-state index contributed by atoms with van der Waals surface area (Å²) in [5, 5.41) is 0.0973. The Morgan fingerprint density at radius 1 is 1.69 bits per heavy atom. The molecule has 0 saturated heterocycles. The molecule has 1 aromatic rings. The standard InChI is InChI=1S/C9H7ClF2INO2/c1-16-7(15)2-4-5(10)3-6(8(11)12)14-9(4)13/h3,8H,2H2,1H3. The van der Waals surface area contributed by atoms with E-state index in [1.807, 2.05) is 0 Å². The van der Waals surface area contributed by atoms with Crippen LogP contribution in [0.2, 0.25) is 5.02 Å². The summed E-state index contributed by atoms with van der Waals surface area (Å²) >= 11 is 7.55. The van der Waals surface area contributed by atoms with Gasteiger partial charge in [0.25, 0.3) is 6.43 Å². The van der Waals surface area contributed by atoms with Crippen LogP contribution < -0.4 is 0 Å². The first-order chi connectivity index (χ1) is 7.45. The molecule has 0 bridgehead atoms. The van der Waals surface area contributed by atoms with Gasteiger partial charge in [0.2, 0.25) is 0 Å². The number of alkyl halides is 2. The van der Waals surface area contributed by atoms with Crippen molar-refractivity contribution in [1.29, 1.82) is 0 Å². The number of halogens is 4. The summed E-state index contributed by atoms with van der Waals surface area (Å²) in [7, 11) is 1.24. The average Bonchev–Trinajstić information content (AvgIpc) is 2.22. The first-order valence-electron chi connectivity index (χ1n) is 4.15. The number of rotatable bonds is 3. The lowest BCUT2D eigenvalue weighted by Gasteiger charge is -2.08. The van der Waals surface area contributed by atoms with Gasteiger partial charge in [-0.15, -0.1) is 0 Å². The van der Waals surface area contributed by atoms with E-state index in [1.54, 1.807) is 22.6 Å². The summed E-state index contributed by atoms with van der Waals surface area (Å²) in [6, 6.07) is 1.06. The van der Waals surface area contributed by atoms with E-state index in [-0.39, 0.29) is 15.1 Å². The van der Waals surface area contributed by atoms with Gasteiger partial charge in [-0.3, -0.25) is 4.79 Å². The molecule has 0 unspecified atom stereocenters. The van der Waals surface area contributed by atoms with Gasteiger partial charge in [0, 0.05) is 10.6 Å². The summed E-state index contributed by atoms with van der Waals surface area (Å²) in [6.07, 6.45) is -2.76. The van der Waals surface area contributed by atoms with E-state index >= 15 is 0 Å². The van der Waals surface area contributed by atoms with Crippen molar-refractivity contribution in [2.75, 3.05) is 7.11 Å². The monoisotopic (exact) mass is 361 g/mol. The summed E-state index contributed by atoms with van der Waals surface area (Å²) in [5.41, 5.74) is 0.00142. The maximum Gasteiger partial charge on any atom is 0.310 e. The number of aromatic nitrogens is 1. The maximum atomic E-state index is 12.4. The van der Waals surface area contributed by atoms with E-state index in [0.29, 0.717) is 5.56 Å². The molecule has 0 aliphatic heterocycles. The van der Waals surface area contributed by atoms with E-state index in [1.165, 1.54) is 7.11 Å². The minimum Gasteiger partial charge on any atom is -0.469 e. The van der Waals surface area contributed by atoms with Crippen LogP contribution in [0, 0.1) is 3.70 Å². The first-order valence-corrected chi connectivity index (χ1v) is 5.61. The van der Waals surface area contributed by atoms with Crippen molar-refractivity contribution >= 4 is 40.2 Å². The Hall–Kier alpha value is -0.500. The Morgan fingerprint density at radius 2 is 2.31 bits per heavy atom. The van der Waals surface area contributed by atoms with Crippen LogP contribution in [0.25, 0.3) is 0 Å². The van der Waals surface area contributed by atoms with Crippen molar-refractivity contribution in [2.45, 2.75) is 12.8 Å². The Labute approximate surface area is 109 Å². The number of ether oxygens (including phenoxy) is 1. The minimum absolute atomic E-state index is 0.0792. The first kappa shape index (κ1) is 13.6. The molecule has 0 amide bonds. The van der Waals surface area contributed by atoms with Gasteiger partial charge in [-0.2, -0.15) is 0 Å². The summed E-state index contributed by atoms with van der Waals surface area (Å²) in [5.74, 6) is -0.494. The second kappa shape index (κ2) is 5.72. The average molecular weight is 362 g/mol.